The second kappa shape index (κ2) is 6.41. The molecule has 9 heteroatoms. The highest BCUT2D eigenvalue weighted by Gasteiger charge is 2.54. The SMILES string of the molecule is COP(=O)(O)OP(=O)(O)OC1CC1(C)CCC=C(C)C. The van der Waals surface area contributed by atoms with E-state index in [0.29, 0.717) is 6.42 Å². The van der Waals surface area contributed by atoms with Gasteiger partial charge in [0, 0.05) is 7.11 Å². The molecule has 0 radical (unpaired) electrons. The van der Waals surface area contributed by atoms with Gasteiger partial charge in [0.05, 0.1) is 6.10 Å². The van der Waals surface area contributed by atoms with Crippen LogP contribution in [0.5, 0.6) is 0 Å². The van der Waals surface area contributed by atoms with E-state index in [0.717, 1.165) is 20.0 Å². The highest BCUT2D eigenvalue weighted by atomic mass is 31.3. The van der Waals surface area contributed by atoms with E-state index in [-0.39, 0.29) is 5.41 Å². The molecule has 1 aliphatic carbocycles. The minimum Gasteiger partial charge on any atom is -0.302 e. The molecule has 118 valence electrons. The third-order valence-corrected chi connectivity index (χ3v) is 5.87. The first-order valence-electron chi connectivity index (χ1n) is 6.24. The summed E-state index contributed by atoms with van der Waals surface area (Å²) in [5.74, 6) is 0. The summed E-state index contributed by atoms with van der Waals surface area (Å²) in [6, 6.07) is 0. The zero-order chi connectivity index (χ0) is 15.6. The Morgan fingerprint density at radius 3 is 2.45 bits per heavy atom. The first-order valence-corrected chi connectivity index (χ1v) is 9.23. The van der Waals surface area contributed by atoms with Crippen molar-refractivity contribution in [3.05, 3.63) is 11.6 Å². The van der Waals surface area contributed by atoms with Gasteiger partial charge < -0.3 is 9.79 Å². The summed E-state index contributed by atoms with van der Waals surface area (Å²) in [6.07, 6.45) is 3.90. The van der Waals surface area contributed by atoms with Gasteiger partial charge in [-0.25, -0.2) is 9.13 Å². The van der Waals surface area contributed by atoms with Crippen LogP contribution in [0.3, 0.4) is 0 Å². The van der Waals surface area contributed by atoms with Gasteiger partial charge in [-0.1, -0.05) is 18.6 Å². The van der Waals surface area contributed by atoms with Crippen LogP contribution in [0.1, 0.15) is 40.0 Å². The fourth-order valence-electron chi connectivity index (χ4n) is 1.83. The quantitative estimate of drug-likeness (QED) is 0.520. The molecule has 2 N–H and O–H groups in total. The Morgan fingerprint density at radius 1 is 1.35 bits per heavy atom. The Bertz CT molecular complexity index is 471. The average molecular weight is 328 g/mol. The average Bonchev–Trinajstić information content (AvgIpc) is 2.85. The minimum atomic E-state index is -4.61. The van der Waals surface area contributed by atoms with Crippen molar-refractivity contribution in [1.29, 1.82) is 0 Å². The maximum absolute atomic E-state index is 11.6. The lowest BCUT2D eigenvalue weighted by molar-refractivity contribution is 0.146. The van der Waals surface area contributed by atoms with Gasteiger partial charge in [-0.2, -0.15) is 4.31 Å². The first kappa shape index (κ1) is 18.1. The minimum absolute atomic E-state index is 0.208. The van der Waals surface area contributed by atoms with E-state index in [1.165, 1.54) is 5.57 Å². The Labute approximate surface area is 119 Å². The molecule has 1 saturated carbocycles. The van der Waals surface area contributed by atoms with E-state index in [1.54, 1.807) is 0 Å². The topological polar surface area (TPSA) is 102 Å². The van der Waals surface area contributed by atoms with E-state index in [9.17, 15) is 14.0 Å². The smallest absolute Gasteiger partial charge is 0.302 e. The molecule has 0 aromatic rings. The van der Waals surface area contributed by atoms with E-state index >= 15 is 0 Å². The van der Waals surface area contributed by atoms with Crippen LogP contribution in [0.15, 0.2) is 11.6 Å². The maximum atomic E-state index is 11.6. The molecule has 1 rings (SSSR count). The molecule has 0 spiro atoms. The Kier molecular flexibility index (Phi) is 5.78. The van der Waals surface area contributed by atoms with E-state index in [2.05, 4.69) is 14.9 Å². The number of allylic oxidation sites excluding steroid dienone is 2. The maximum Gasteiger partial charge on any atom is 0.481 e. The summed E-state index contributed by atoms with van der Waals surface area (Å²) in [5, 5.41) is 0. The van der Waals surface area contributed by atoms with Crippen molar-refractivity contribution in [2.75, 3.05) is 7.11 Å². The summed E-state index contributed by atoms with van der Waals surface area (Å²) in [5.41, 5.74) is 1.00. The second-order valence-electron chi connectivity index (χ2n) is 5.47. The summed E-state index contributed by atoms with van der Waals surface area (Å²) in [7, 11) is -8.25. The van der Waals surface area contributed by atoms with Gasteiger partial charge >= 0.3 is 15.6 Å². The van der Waals surface area contributed by atoms with Crippen molar-refractivity contribution in [1.82, 2.24) is 0 Å². The van der Waals surface area contributed by atoms with Crippen LogP contribution >= 0.6 is 15.6 Å². The molecule has 1 fully saturated rings. The van der Waals surface area contributed by atoms with E-state index < -0.39 is 21.7 Å². The number of hydrogen-bond donors (Lipinski definition) is 2. The van der Waals surface area contributed by atoms with Crippen LogP contribution < -0.4 is 0 Å². The van der Waals surface area contributed by atoms with Crippen molar-refractivity contribution in [3.8, 4) is 0 Å². The molecule has 0 aromatic carbocycles. The second-order valence-corrected chi connectivity index (χ2v) is 8.58. The Balaban J connectivity index is 2.49. The number of phosphoric ester groups is 2. The van der Waals surface area contributed by atoms with Crippen LogP contribution in [0, 0.1) is 5.41 Å². The first-order chi connectivity index (χ1) is 9.00. The van der Waals surface area contributed by atoms with Crippen molar-refractivity contribution in [3.63, 3.8) is 0 Å². The summed E-state index contributed by atoms with van der Waals surface area (Å²) >= 11 is 0. The third-order valence-electron chi connectivity index (χ3n) is 3.23. The monoisotopic (exact) mass is 328 g/mol. The molecule has 4 unspecified atom stereocenters. The van der Waals surface area contributed by atoms with Gasteiger partial charge in [0.25, 0.3) is 0 Å². The third kappa shape index (κ3) is 5.78. The summed E-state index contributed by atoms with van der Waals surface area (Å²) in [4.78, 5) is 18.4. The standard InChI is InChI=1S/C11H22O7P2/c1-9(2)6-5-7-11(3)8-10(11)17-20(14,15)18-19(12,13)16-4/h6,10H,5,7-8H2,1-4H3,(H,12,13)(H,14,15). The lowest BCUT2D eigenvalue weighted by atomic mass is 10.0. The predicted molar refractivity (Wildman–Crippen MR) is 74.0 cm³/mol. The molecule has 0 aliphatic heterocycles. The molecule has 0 amide bonds. The Hall–Kier alpha value is 0.0000000000000000555. The van der Waals surface area contributed by atoms with Gasteiger partial charge in [0.2, 0.25) is 0 Å². The molecule has 7 nitrogen and oxygen atoms in total. The van der Waals surface area contributed by atoms with Crippen LogP contribution in [-0.4, -0.2) is 23.0 Å². The molecule has 20 heavy (non-hydrogen) atoms. The Morgan fingerprint density at radius 2 is 1.95 bits per heavy atom. The van der Waals surface area contributed by atoms with Gasteiger partial charge in [0.1, 0.15) is 0 Å². The number of hydrogen-bond acceptors (Lipinski definition) is 5. The lowest BCUT2D eigenvalue weighted by Gasteiger charge is -2.16. The highest BCUT2D eigenvalue weighted by Crippen LogP contribution is 2.65. The fourth-order valence-corrected chi connectivity index (χ4v) is 3.94. The summed E-state index contributed by atoms with van der Waals surface area (Å²) in [6.45, 7) is 5.94. The molecule has 4 atom stereocenters. The van der Waals surface area contributed by atoms with Gasteiger partial charge in [-0.15, -0.1) is 0 Å². The van der Waals surface area contributed by atoms with Crippen LogP contribution in [-0.2, 0) is 22.5 Å². The molecular weight excluding hydrogens is 306 g/mol. The van der Waals surface area contributed by atoms with Crippen LogP contribution in [0.25, 0.3) is 0 Å². The predicted octanol–water partition coefficient (Wildman–Crippen LogP) is 3.39. The number of rotatable bonds is 8. The molecule has 0 aromatic heterocycles. The van der Waals surface area contributed by atoms with Crippen molar-refractivity contribution < 1.29 is 32.3 Å². The van der Waals surface area contributed by atoms with Crippen molar-refractivity contribution >= 4 is 15.6 Å². The van der Waals surface area contributed by atoms with Crippen molar-refractivity contribution in [2.45, 2.75) is 46.1 Å². The molecule has 0 bridgehead atoms. The number of phosphoric acid groups is 2. The van der Waals surface area contributed by atoms with E-state index in [1.807, 2.05) is 20.8 Å². The lowest BCUT2D eigenvalue weighted by Crippen LogP contribution is -2.05. The summed E-state index contributed by atoms with van der Waals surface area (Å²) < 4.78 is 35.8. The zero-order valence-corrected chi connectivity index (χ0v) is 13.9. The van der Waals surface area contributed by atoms with Gasteiger partial charge in [0.15, 0.2) is 0 Å². The highest BCUT2D eigenvalue weighted by molar-refractivity contribution is 7.61. The molecular formula is C11H22O7P2. The normalized spacial score (nSPS) is 31.2. The van der Waals surface area contributed by atoms with E-state index in [4.69, 9.17) is 9.42 Å². The van der Waals surface area contributed by atoms with Crippen molar-refractivity contribution in [2.24, 2.45) is 5.41 Å². The molecule has 0 heterocycles. The molecule has 0 saturated heterocycles. The van der Waals surface area contributed by atoms with Crippen LogP contribution in [0.2, 0.25) is 0 Å². The fraction of sp³-hybridized carbons (Fsp3) is 0.818. The van der Waals surface area contributed by atoms with Gasteiger partial charge in [-0.05, 0) is 38.5 Å². The van der Waals surface area contributed by atoms with Gasteiger partial charge in [-0.3, -0.25) is 9.05 Å². The molecule has 1 aliphatic rings. The van der Waals surface area contributed by atoms with Crippen LogP contribution in [0.4, 0.5) is 0 Å². The largest absolute Gasteiger partial charge is 0.481 e. The zero-order valence-electron chi connectivity index (χ0n) is 12.1.